The van der Waals surface area contributed by atoms with Crippen LogP contribution in [0.25, 0.3) is 0 Å². The molecule has 3 rings (SSSR count). The van der Waals surface area contributed by atoms with Gasteiger partial charge in [0, 0.05) is 18.7 Å². The van der Waals surface area contributed by atoms with Crippen LogP contribution in [0.5, 0.6) is 0 Å². The Morgan fingerprint density at radius 1 is 0.929 bits per heavy atom. The molecule has 28 heavy (non-hydrogen) atoms. The average Bonchev–Trinajstić information content (AvgIpc) is 2.98. The number of amides is 1. The fraction of sp³-hybridized carbons (Fsp3) is 0.350. The summed E-state index contributed by atoms with van der Waals surface area (Å²) in [4.78, 5) is 14.3. The van der Waals surface area contributed by atoms with Crippen LogP contribution < -0.4 is 10.2 Å². The fourth-order valence-electron chi connectivity index (χ4n) is 3.26. The number of nitrogens with zero attached hydrogens (tertiary/aromatic N) is 1. The van der Waals surface area contributed by atoms with Gasteiger partial charge in [-0.25, -0.2) is 8.42 Å². The Labute approximate surface area is 163 Å². The van der Waals surface area contributed by atoms with Crippen molar-refractivity contribution >= 4 is 27.1 Å². The zero-order valence-electron chi connectivity index (χ0n) is 15.3. The molecule has 8 heteroatoms. The third kappa shape index (κ3) is 4.49. The number of hydrogen-bond acceptors (Lipinski definition) is 4. The minimum absolute atomic E-state index is 0.193. The first-order valence-corrected chi connectivity index (χ1v) is 10.7. The molecular formula is C20H22F2N2O3S. The summed E-state index contributed by atoms with van der Waals surface area (Å²) in [6.07, 6.45) is 4.59. The molecule has 0 atom stereocenters. The summed E-state index contributed by atoms with van der Waals surface area (Å²) in [5, 5.41) is 2.85. The molecular weight excluding hydrogens is 386 g/mol. The molecule has 0 spiro atoms. The molecule has 2 aromatic carbocycles. The molecule has 150 valence electrons. The van der Waals surface area contributed by atoms with E-state index in [0.717, 1.165) is 43.8 Å². The quantitative estimate of drug-likeness (QED) is 0.800. The highest BCUT2D eigenvalue weighted by Crippen LogP contribution is 2.28. The van der Waals surface area contributed by atoms with Gasteiger partial charge in [-0.2, -0.15) is 8.78 Å². The lowest BCUT2D eigenvalue weighted by molar-refractivity contribution is 0.102. The van der Waals surface area contributed by atoms with Gasteiger partial charge in [0.1, 0.15) is 0 Å². The van der Waals surface area contributed by atoms with Crippen LogP contribution in [0.1, 0.15) is 36.0 Å². The van der Waals surface area contributed by atoms with E-state index in [1.807, 2.05) is 24.3 Å². The molecule has 1 aliphatic rings. The van der Waals surface area contributed by atoms with E-state index in [1.54, 1.807) is 0 Å². The van der Waals surface area contributed by atoms with E-state index in [4.69, 9.17) is 0 Å². The van der Waals surface area contributed by atoms with Crippen LogP contribution in [0.3, 0.4) is 0 Å². The maximum atomic E-state index is 12.6. The second-order valence-corrected chi connectivity index (χ2v) is 8.62. The lowest BCUT2D eigenvalue weighted by atomic mass is 10.2. The topological polar surface area (TPSA) is 66.5 Å². The first-order chi connectivity index (χ1) is 13.4. The van der Waals surface area contributed by atoms with Gasteiger partial charge in [0.15, 0.2) is 0 Å². The zero-order valence-corrected chi connectivity index (χ0v) is 16.1. The molecule has 5 nitrogen and oxygen atoms in total. The number of sulfone groups is 1. The van der Waals surface area contributed by atoms with Crippen LogP contribution in [-0.2, 0) is 9.84 Å². The highest BCUT2D eigenvalue weighted by molar-refractivity contribution is 7.91. The number of carbonyl (C=O) groups is 1. The number of carbonyl (C=O) groups excluding carboxylic acids is 1. The van der Waals surface area contributed by atoms with Crippen molar-refractivity contribution in [1.29, 1.82) is 0 Å². The Bertz CT molecular complexity index is 923. The number of halogens is 2. The number of anilines is 2. The highest BCUT2D eigenvalue weighted by atomic mass is 32.2. The first kappa shape index (κ1) is 20.3. The SMILES string of the molecule is O=C(Nc1ccccc1N1CCCCCC1)c1ccc(S(=O)(=O)C(F)F)cc1. The Hall–Kier alpha value is -2.48. The molecule has 0 radical (unpaired) electrons. The van der Waals surface area contributed by atoms with Crippen LogP contribution in [0, 0.1) is 0 Å². The van der Waals surface area contributed by atoms with Crippen LogP contribution in [0.2, 0.25) is 0 Å². The number of nitrogens with one attached hydrogen (secondary N) is 1. The van der Waals surface area contributed by atoms with Gasteiger partial charge < -0.3 is 10.2 Å². The van der Waals surface area contributed by atoms with Gasteiger partial charge in [0.2, 0.25) is 9.84 Å². The third-order valence-corrected chi connectivity index (χ3v) is 6.18. The van der Waals surface area contributed by atoms with Crippen LogP contribution in [0.4, 0.5) is 20.2 Å². The molecule has 1 amide bonds. The molecule has 1 saturated heterocycles. The van der Waals surface area contributed by atoms with E-state index < -0.39 is 26.4 Å². The van der Waals surface area contributed by atoms with Crippen molar-refractivity contribution in [2.75, 3.05) is 23.3 Å². The number of hydrogen-bond donors (Lipinski definition) is 1. The molecule has 0 aliphatic carbocycles. The molecule has 1 aliphatic heterocycles. The van der Waals surface area contributed by atoms with E-state index in [9.17, 15) is 22.0 Å². The number of benzene rings is 2. The van der Waals surface area contributed by atoms with Gasteiger partial charge in [-0.3, -0.25) is 4.79 Å². The molecule has 0 saturated carbocycles. The van der Waals surface area contributed by atoms with E-state index in [-0.39, 0.29) is 5.56 Å². The van der Waals surface area contributed by atoms with Crippen molar-refractivity contribution in [3.05, 3.63) is 54.1 Å². The van der Waals surface area contributed by atoms with Gasteiger partial charge in [-0.15, -0.1) is 0 Å². The lowest BCUT2D eigenvalue weighted by Gasteiger charge is -2.25. The van der Waals surface area contributed by atoms with Gasteiger partial charge in [0.05, 0.1) is 16.3 Å². The molecule has 1 fully saturated rings. The summed E-state index contributed by atoms with van der Waals surface area (Å²) >= 11 is 0. The molecule has 0 bridgehead atoms. The van der Waals surface area contributed by atoms with Crippen molar-refractivity contribution < 1.29 is 22.0 Å². The smallest absolute Gasteiger partial charge is 0.341 e. The second kappa shape index (κ2) is 8.68. The molecule has 0 aromatic heterocycles. The van der Waals surface area contributed by atoms with E-state index >= 15 is 0 Å². The number of alkyl halides is 2. The van der Waals surface area contributed by atoms with E-state index in [0.29, 0.717) is 5.69 Å². The zero-order chi connectivity index (χ0) is 20.1. The Balaban J connectivity index is 1.78. The van der Waals surface area contributed by atoms with Crippen LogP contribution in [0.15, 0.2) is 53.4 Å². The summed E-state index contributed by atoms with van der Waals surface area (Å²) in [7, 11) is -4.67. The average molecular weight is 408 g/mol. The van der Waals surface area contributed by atoms with Gasteiger partial charge >= 0.3 is 5.76 Å². The third-order valence-electron chi connectivity index (χ3n) is 4.78. The Morgan fingerprint density at radius 3 is 2.14 bits per heavy atom. The van der Waals surface area contributed by atoms with E-state index in [1.165, 1.54) is 25.0 Å². The van der Waals surface area contributed by atoms with Crippen molar-refractivity contribution in [2.24, 2.45) is 0 Å². The van der Waals surface area contributed by atoms with Gasteiger partial charge in [0.25, 0.3) is 5.91 Å². The van der Waals surface area contributed by atoms with E-state index in [2.05, 4.69) is 10.2 Å². The van der Waals surface area contributed by atoms with Crippen molar-refractivity contribution in [3.8, 4) is 0 Å². The van der Waals surface area contributed by atoms with Crippen LogP contribution in [-0.4, -0.2) is 33.2 Å². The summed E-state index contributed by atoms with van der Waals surface area (Å²) in [6.45, 7) is 1.85. The largest absolute Gasteiger partial charge is 0.370 e. The minimum Gasteiger partial charge on any atom is -0.370 e. The Kier molecular flexibility index (Phi) is 6.28. The maximum Gasteiger partial charge on any atom is 0.341 e. The normalized spacial score (nSPS) is 15.3. The van der Waals surface area contributed by atoms with Crippen molar-refractivity contribution in [1.82, 2.24) is 0 Å². The molecule has 2 aromatic rings. The Morgan fingerprint density at radius 2 is 1.54 bits per heavy atom. The summed E-state index contributed by atoms with van der Waals surface area (Å²) in [5.41, 5.74) is 1.80. The van der Waals surface area contributed by atoms with Crippen molar-refractivity contribution in [3.63, 3.8) is 0 Å². The summed E-state index contributed by atoms with van der Waals surface area (Å²) in [5.74, 6) is -3.92. The maximum absolute atomic E-state index is 12.6. The standard InChI is InChI=1S/C20H22F2N2O3S/c21-20(22)28(26,27)16-11-9-15(10-12-16)19(25)23-17-7-3-4-8-18(17)24-13-5-1-2-6-14-24/h3-4,7-12,20H,1-2,5-6,13-14H2,(H,23,25). The predicted molar refractivity (Wildman–Crippen MR) is 105 cm³/mol. The van der Waals surface area contributed by atoms with Gasteiger partial charge in [-0.05, 0) is 49.2 Å². The van der Waals surface area contributed by atoms with Crippen molar-refractivity contribution in [2.45, 2.75) is 36.3 Å². The monoisotopic (exact) mass is 408 g/mol. The molecule has 1 N–H and O–H groups in total. The van der Waals surface area contributed by atoms with Crippen LogP contribution >= 0.6 is 0 Å². The number of para-hydroxylation sites is 2. The molecule has 0 unspecified atom stereocenters. The summed E-state index contributed by atoms with van der Waals surface area (Å²) in [6, 6.07) is 12.0. The number of rotatable bonds is 5. The molecule has 1 heterocycles. The second-order valence-electron chi connectivity index (χ2n) is 6.70. The minimum atomic E-state index is -4.67. The fourth-order valence-corrected chi connectivity index (χ4v) is 3.98. The van der Waals surface area contributed by atoms with Gasteiger partial charge in [-0.1, -0.05) is 25.0 Å². The lowest BCUT2D eigenvalue weighted by Crippen LogP contribution is -2.25. The first-order valence-electron chi connectivity index (χ1n) is 9.17. The predicted octanol–water partition coefficient (Wildman–Crippen LogP) is 4.32. The summed E-state index contributed by atoms with van der Waals surface area (Å²) < 4.78 is 48.2. The highest BCUT2D eigenvalue weighted by Gasteiger charge is 2.26.